The van der Waals surface area contributed by atoms with Crippen molar-refractivity contribution in [3.63, 3.8) is 0 Å². The van der Waals surface area contributed by atoms with E-state index in [-0.39, 0.29) is 28.5 Å². The maximum absolute atomic E-state index is 13.4. The molecule has 0 atom stereocenters. The van der Waals surface area contributed by atoms with Gasteiger partial charge >= 0.3 is 5.97 Å². The van der Waals surface area contributed by atoms with Gasteiger partial charge in [0.25, 0.3) is 11.8 Å². The fourth-order valence-electron chi connectivity index (χ4n) is 3.66. The normalized spacial score (nSPS) is 14.4. The summed E-state index contributed by atoms with van der Waals surface area (Å²) in [6.07, 6.45) is 1.39. The minimum atomic E-state index is -1.17. The minimum absolute atomic E-state index is 0.0369. The van der Waals surface area contributed by atoms with Crippen LogP contribution in [0.4, 0.5) is 5.69 Å². The number of nitrogens with zero attached hydrogens (tertiary/aromatic N) is 1. The van der Waals surface area contributed by atoms with Crippen LogP contribution in [0.2, 0.25) is 10.0 Å². The van der Waals surface area contributed by atoms with Crippen molar-refractivity contribution < 1.29 is 29.0 Å². The minimum Gasteiger partial charge on any atom is -0.490 e. The number of ether oxygens (including phenoxy) is 2. The van der Waals surface area contributed by atoms with Crippen molar-refractivity contribution in [1.82, 2.24) is 5.32 Å². The molecule has 2 amide bonds. The lowest BCUT2D eigenvalue weighted by atomic mass is 10.1. The number of amides is 2. The van der Waals surface area contributed by atoms with E-state index >= 15 is 0 Å². The molecular formula is C27H19BrCl2N2O6S. The summed E-state index contributed by atoms with van der Waals surface area (Å²) in [5.74, 6) is -1.79. The Morgan fingerprint density at radius 2 is 1.85 bits per heavy atom. The van der Waals surface area contributed by atoms with E-state index in [0.29, 0.717) is 38.2 Å². The molecule has 200 valence electrons. The zero-order valence-corrected chi connectivity index (χ0v) is 24.1. The summed E-state index contributed by atoms with van der Waals surface area (Å²) < 4.78 is 12.2. The van der Waals surface area contributed by atoms with Crippen LogP contribution in [-0.2, 0) is 16.2 Å². The van der Waals surface area contributed by atoms with Gasteiger partial charge in [0.1, 0.15) is 12.2 Å². The first kappa shape index (κ1) is 28.6. The van der Waals surface area contributed by atoms with E-state index in [2.05, 4.69) is 21.2 Å². The van der Waals surface area contributed by atoms with E-state index in [1.807, 2.05) is 6.92 Å². The van der Waals surface area contributed by atoms with E-state index < -0.39 is 17.8 Å². The third-order valence-electron chi connectivity index (χ3n) is 5.51. The van der Waals surface area contributed by atoms with Gasteiger partial charge < -0.3 is 14.6 Å². The van der Waals surface area contributed by atoms with Gasteiger partial charge in [0.2, 0.25) is 0 Å². The number of aromatic carboxylic acids is 1. The van der Waals surface area contributed by atoms with Gasteiger partial charge in [-0.3, -0.25) is 19.8 Å². The molecule has 1 aliphatic heterocycles. The number of halogens is 3. The predicted molar refractivity (Wildman–Crippen MR) is 156 cm³/mol. The smallest absolute Gasteiger partial charge is 0.335 e. The first-order chi connectivity index (χ1) is 18.6. The average molecular weight is 650 g/mol. The number of hydrogen-bond acceptors (Lipinski definition) is 6. The standard InChI is InChI=1S/C27H19BrCl2N2O6S/c1-2-37-22-10-16(20(28)12-23(22)38-13-15-6-7-17(29)11-21(15)30)9-19-24(33)31-27(39)32(25(19)34)18-5-3-4-14(8-18)26(35)36/h3-12H,2,13H2,1H3,(H,35,36)(H,31,33,39). The molecule has 4 rings (SSSR count). The van der Waals surface area contributed by atoms with Crippen LogP contribution >= 0.6 is 51.3 Å². The van der Waals surface area contributed by atoms with E-state index in [1.54, 1.807) is 30.3 Å². The van der Waals surface area contributed by atoms with Crippen molar-refractivity contribution in [2.45, 2.75) is 13.5 Å². The average Bonchev–Trinajstić information content (AvgIpc) is 2.88. The lowest BCUT2D eigenvalue weighted by Crippen LogP contribution is -2.54. The molecule has 0 aliphatic carbocycles. The molecule has 8 nitrogen and oxygen atoms in total. The third kappa shape index (κ3) is 6.42. The third-order valence-corrected chi connectivity index (χ3v) is 7.07. The van der Waals surface area contributed by atoms with E-state index in [1.165, 1.54) is 30.3 Å². The lowest BCUT2D eigenvalue weighted by Gasteiger charge is -2.29. The lowest BCUT2D eigenvalue weighted by molar-refractivity contribution is -0.122. The van der Waals surface area contributed by atoms with Crippen LogP contribution < -0.4 is 19.7 Å². The maximum atomic E-state index is 13.4. The van der Waals surface area contributed by atoms with Gasteiger partial charge in [0.05, 0.1) is 17.9 Å². The van der Waals surface area contributed by atoms with Crippen LogP contribution in [0.3, 0.4) is 0 Å². The Hall–Kier alpha value is -3.44. The van der Waals surface area contributed by atoms with Crippen molar-refractivity contribution >= 4 is 86.0 Å². The Morgan fingerprint density at radius 1 is 1.10 bits per heavy atom. The Kier molecular flexibility index (Phi) is 8.91. The number of anilines is 1. The van der Waals surface area contributed by atoms with E-state index in [9.17, 15) is 19.5 Å². The predicted octanol–water partition coefficient (Wildman–Crippen LogP) is 6.26. The topological polar surface area (TPSA) is 105 Å². The number of carboxylic acid groups (broad SMARTS) is 1. The summed E-state index contributed by atoms with van der Waals surface area (Å²) >= 11 is 20.9. The maximum Gasteiger partial charge on any atom is 0.335 e. The summed E-state index contributed by atoms with van der Waals surface area (Å²) in [5, 5.41) is 12.6. The van der Waals surface area contributed by atoms with Gasteiger partial charge in [-0.05, 0) is 73.2 Å². The number of nitrogens with one attached hydrogen (secondary N) is 1. The molecule has 1 heterocycles. The van der Waals surface area contributed by atoms with Crippen LogP contribution in [0.5, 0.6) is 11.5 Å². The molecule has 3 aromatic rings. The van der Waals surface area contributed by atoms with Crippen molar-refractivity contribution in [2.24, 2.45) is 0 Å². The van der Waals surface area contributed by atoms with Crippen LogP contribution in [0.15, 0.2) is 64.6 Å². The molecule has 0 bridgehead atoms. The molecular weight excluding hydrogens is 631 g/mol. The van der Waals surface area contributed by atoms with Gasteiger partial charge in [0, 0.05) is 20.1 Å². The molecule has 0 unspecified atom stereocenters. The highest BCUT2D eigenvalue weighted by molar-refractivity contribution is 9.10. The molecule has 0 saturated carbocycles. The quantitative estimate of drug-likeness (QED) is 0.169. The van der Waals surface area contributed by atoms with Crippen LogP contribution in [0.1, 0.15) is 28.4 Å². The molecule has 1 fully saturated rings. The van der Waals surface area contributed by atoms with Gasteiger partial charge in [-0.25, -0.2) is 4.79 Å². The number of carboxylic acids is 1. The molecule has 0 aromatic heterocycles. The molecule has 39 heavy (non-hydrogen) atoms. The highest BCUT2D eigenvalue weighted by Crippen LogP contribution is 2.36. The molecule has 2 N–H and O–H groups in total. The Bertz CT molecular complexity index is 1540. The van der Waals surface area contributed by atoms with E-state index in [4.69, 9.17) is 44.9 Å². The van der Waals surface area contributed by atoms with Crippen LogP contribution in [0, 0.1) is 0 Å². The molecule has 1 aliphatic rings. The second kappa shape index (κ2) is 12.2. The van der Waals surface area contributed by atoms with Gasteiger partial charge in [-0.2, -0.15) is 0 Å². The number of benzene rings is 3. The zero-order chi connectivity index (χ0) is 28.3. The van der Waals surface area contributed by atoms with E-state index in [0.717, 1.165) is 10.5 Å². The van der Waals surface area contributed by atoms with Gasteiger partial charge in [0.15, 0.2) is 16.6 Å². The largest absolute Gasteiger partial charge is 0.490 e. The Balaban J connectivity index is 1.67. The number of rotatable bonds is 8. The summed E-state index contributed by atoms with van der Waals surface area (Å²) in [4.78, 5) is 38.7. The second-order valence-electron chi connectivity index (χ2n) is 8.09. The number of hydrogen-bond donors (Lipinski definition) is 2. The molecule has 1 saturated heterocycles. The fraction of sp³-hybridized carbons (Fsp3) is 0.111. The molecule has 0 spiro atoms. The van der Waals surface area contributed by atoms with Crippen molar-refractivity contribution in [3.8, 4) is 11.5 Å². The summed E-state index contributed by atoms with van der Waals surface area (Å²) in [6, 6.07) is 14.1. The Morgan fingerprint density at radius 3 is 2.54 bits per heavy atom. The first-order valence-corrected chi connectivity index (χ1v) is 13.3. The monoisotopic (exact) mass is 648 g/mol. The number of thiocarbonyl (C=S) groups is 1. The van der Waals surface area contributed by atoms with Crippen molar-refractivity contribution in [1.29, 1.82) is 0 Å². The Labute approximate surface area is 247 Å². The number of carbonyl (C=O) groups excluding carboxylic acids is 2. The molecule has 12 heteroatoms. The first-order valence-electron chi connectivity index (χ1n) is 11.4. The van der Waals surface area contributed by atoms with Crippen LogP contribution in [-0.4, -0.2) is 34.6 Å². The second-order valence-corrected chi connectivity index (χ2v) is 10.2. The molecule has 3 aromatic carbocycles. The summed E-state index contributed by atoms with van der Waals surface area (Å²) in [6.45, 7) is 2.28. The summed E-state index contributed by atoms with van der Waals surface area (Å²) in [7, 11) is 0. The molecule has 0 radical (unpaired) electrons. The SMILES string of the molecule is CCOc1cc(C=C2C(=O)NC(=S)N(c3cccc(C(=O)O)c3)C2=O)c(Br)cc1OCc1ccc(Cl)cc1Cl. The van der Waals surface area contributed by atoms with Crippen LogP contribution in [0.25, 0.3) is 6.08 Å². The van der Waals surface area contributed by atoms with Gasteiger partial charge in [-0.15, -0.1) is 0 Å². The van der Waals surface area contributed by atoms with Crippen molar-refractivity contribution in [3.05, 3.63) is 91.4 Å². The zero-order valence-electron chi connectivity index (χ0n) is 20.2. The highest BCUT2D eigenvalue weighted by Gasteiger charge is 2.35. The van der Waals surface area contributed by atoms with Crippen molar-refractivity contribution in [2.75, 3.05) is 11.5 Å². The van der Waals surface area contributed by atoms with Gasteiger partial charge in [-0.1, -0.05) is 51.3 Å². The number of carbonyl (C=O) groups is 3. The fourth-order valence-corrected chi connectivity index (χ4v) is 4.84. The summed E-state index contributed by atoms with van der Waals surface area (Å²) in [5.41, 5.74) is 1.13. The highest BCUT2D eigenvalue weighted by atomic mass is 79.9.